The van der Waals surface area contributed by atoms with E-state index in [-0.39, 0.29) is 0 Å². The summed E-state index contributed by atoms with van der Waals surface area (Å²) in [6, 6.07) is 8.92. The van der Waals surface area contributed by atoms with Crippen LogP contribution in [0.1, 0.15) is 37.8 Å². The first-order chi connectivity index (χ1) is 8.08. The zero-order valence-corrected chi connectivity index (χ0v) is 11.3. The van der Waals surface area contributed by atoms with Crippen molar-refractivity contribution in [3.05, 3.63) is 35.4 Å². The SMILES string of the molecule is CC(C)c1ccc(CC(C)C(CN)CN)cc1. The number of rotatable bonds is 6. The van der Waals surface area contributed by atoms with Crippen molar-refractivity contribution in [1.82, 2.24) is 0 Å². The molecule has 2 heteroatoms. The van der Waals surface area contributed by atoms with Crippen LogP contribution < -0.4 is 11.5 Å². The maximum Gasteiger partial charge on any atom is -0.00341 e. The number of hydrogen-bond acceptors (Lipinski definition) is 2. The molecule has 1 unspecified atom stereocenters. The average Bonchev–Trinajstić information content (AvgIpc) is 2.31. The lowest BCUT2D eigenvalue weighted by Crippen LogP contribution is -2.30. The second-order valence-corrected chi connectivity index (χ2v) is 5.31. The molecule has 4 N–H and O–H groups in total. The van der Waals surface area contributed by atoms with Crippen LogP contribution in [0.5, 0.6) is 0 Å². The monoisotopic (exact) mass is 234 g/mol. The van der Waals surface area contributed by atoms with Gasteiger partial charge in [-0.25, -0.2) is 0 Å². The van der Waals surface area contributed by atoms with Crippen molar-refractivity contribution in [2.45, 2.75) is 33.1 Å². The Labute approximate surface area is 105 Å². The lowest BCUT2D eigenvalue weighted by molar-refractivity contribution is 0.372. The highest BCUT2D eigenvalue weighted by atomic mass is 14.6. The topological polar surface area (TPSA) is 52.0 Å². The molecule has 0 aromatic heterocycles. The fourth-order valence-electron chi connectivity index (χ4n) is 2.14. The summed E-state index contributed by atoms with van der Waals surface area (Å²) >= 11 is 0. The van der Waals surface area contributed by atoms with Crippen molar-refractivity contribution >= 4 is 0 Å². The number of benzene rings is 1. The third-order valence-electron chi connectivity index (χ3n) is 3.61. The molecule has 1 aromatic carbocycles. The first kappa shape index (κ1) is 14.2. The standard InChI is InChI=1S/C15H26N2/c1-11(2)14-6-4-13(5-7-14)8-12(3)15(9-16)10-17/h4-7,11-12,15H,8-10,16-17H2,1-3H3. The van der Waals surface area contributed by atoms with Crippen molar-refractivity contribution in [2.24, 2.45) is 23.3 Å². The second kappa shape index (κ2) is 6.77. The van der Waals surface area contributed by atoms with E-state index in [9.17, 15) is 0 Å². The molecule has 0 spiro atoms. The van der Waals surface area contributed by atoms with Crippen molar-refractivity contribution in [1.29, 1.82) is 0 Å². The lowest BCUT2D eigenvalue weighted by Gasteiger charge is -2.21. The molecule has 0 bridgehead atoms. The highest BCUT2D eigenvalue weighted by Gasteiger charge is 2.14. The third kappa shape index (κ3) is 4.14. The normalized spacial score (nSPS) is 13.4. The summed E-state index contributed by atoms with van der Waals surface area (Å²) in [5, 5.41) is 0. The van der Waals surface area contributed by atoms with Crippen molar-refractivity contribution < 1.29 is 0 Å². The van der Waals surface area contributed by atoms with Gasteiger partial charge in [-0.15, -0.1) is 0 Å². The van der Waals surface area contributed by atoms with Gasteiger partial charge in [0.05, 0.1) is 0 Å². The summed E-state index contributed by atoms with van der Waals surface area (Å²) in [7, 11) is 0. The molecule has 1 aromatic rings. The lowest BCUT2D eigenvalue weighted by atomic mass is 9.88. The molecule has 0 aliphatic carbocycles. The Balaban J connectivity index is 2.62. The van der Waals surface area contributed by atoms with E-state index < -0.39 is 0 Å². The van der Waals surface area contributed by atoms with Crippen LogP contribution in [-0.2, 0) is 6.42 Å². The summed E-state index contributed by atoms with van der Waals surface area (Å²) in [5.74, 6) is 1.58. The summed E-state index contributed by atoms with van der Waals surface area (Å²) in [5.41, 5.74) is 14.2. The summed E-state index contributed by atoms with van der Waals surface area (Å²) in [4.78, 5) is 0. The maximum atomic E-state index is 5.72. The fourth-order valence-corrected chi connectivity index (χ4v) is 2.14. The molecule has 0 saturated carbocycles. The number of hydrogen-bond donors (Lipinski definition) is 2. The molecule has 1 rings (SSSR count). The van der Waals surface area contributed by atoms with Gasteiger partial charge in [-0.3, -0.25) is 0 Å². The molecule has 0 saturated heterocycles. The minimum atomic E-state index is 0.430. The first-order valence-corrected chi connectivity index (χ1v) is 6.57. The average molecular weight is 234 g/mol. The number of nitrogens with two attached hydrogens (primary N) is 2. The van der Waals surface area contributed by atoms with Gasteiger partial charge in [0.2, 0.25) is 0 Å². The van der Waals surface area contributed by atoms with Gasteiger partial charge < -0.3 is 11.5 Å². The van der Waals surface area contributed by atoms with Crippen LogP contribution in [0.2, 0.25) is 0 Å². The van der Waals surface area contributed by atoms with E-state index in [4.69, 9.17) is 11.5 Å². The predicted octanol–water partition coefficient (Wildman–Crippen LogP) is 2.52. The molecule has 0 fully saturated rings. The van der Waals surface area contributed by atoms with Gasteiger partial charge in [0, 0.05) is 0 Å². The Hall–Kier alpha value is -0.860. The van der Waals surface area contributed by atoms with E-state index in [1.807, 2.05) is 0 Å². The zero-order valence-electron chi connectivity index (χ0n) is 11.3. The van der Waals surface area contributed by atoms with E-state index in [1.54, 1.807) is 0 Å². The first-order valence-electron chi connectivity index (χ1n) is 6.57. The Morgan fingerprint density at radius 2 is 1.47 bits per heavy atom. The summed E-state index contributed by atoms with van der Waals surface area (Å²) < 4.78 is 0. The van der Waals surface area contributed by atoms with Gasteiger partial charge in [-0.1, -0.05) is 45.0 Å². The quantitative estimate of drug-likeness (QED) is 0.794. The van der Waals surface area contributed by atoms with Gasteiger partial charge in [0.1, 0.15) is 0 Å². The summed E-state index contributed by atoms with van der Waals surface area (Å²) in [6.45, 7) is 8.04. The van der Waals surface area contributed by atoms with Crippen LogP contribution in [0, 0.1) is 11.8 Å². The van der Waals surface area contributed by atoms with Crippen molar-refractivity contribution in [3.63, 3.8) is 0 Å². The maximum absolute atomic E-state index is 5.72. The van der Waals surface area contributed by atoms with Crippen molar-refractivity contribution in [3.8, 4) is 0 Å². The Kier molecular flexibility index (Phi) is 5.66. The van der Waals surface area contributed by atoms with Gasteiger partial charge in [-0.05, 0) is 48.4 Å². The van der Waals surface area contributed by atoms with Gasteiger partial charge in [-0.2, -0.15) is 0 Å². The largest absolute Gasteiger partial charge is 0.330 e. The highest BCUT2D eigenvalue weighted by Crippen LogP contribution is 2.19. The Bertz CT molecular complexity index is 312. The van der Waals surface area contributed by atoms with E-state index in [0.717, 1.165) is 6.42 Å². The molecule has 0 radical (unpaired) electrons. The van der Waals surface area contributed by atoms with E-state index >= 15 is 0 Å². The van der Waals surface area contributed by atoms with Crippen LogP contribution in [0.4, 0.5) is 0 Å². The van der Waals surface area contributed by atoms with Crippen LogP contribution >= 0.6 is 0 Å². The predicted molar refractivity (Wildman–Crippen MR) is 75.0 cm³/mol. The molecule has 96 valence electrons. The second-order valence-electron chi connectivity index (χ2n) is 5.31. The van der Waals surface area contributed by atoms with Gasteiger partial charge in [0.25, 0.3) is 0 Å². The Morgan fingerprint density at radius 1 is 0.941 bits per heavy atom. The fraction of sp³-hybridized carbons (Fsp3) is 0.600. The molecular weight excluding hydrogens is 208 g/mol. The van der Waals surface area contributed by atoms with Crippen LogP contribution in [-0.4, -0.2) is 13.1 Å². The van der Waals surface area contributed by atoms with E-state index in [2.05, 4.69) is 45.0 Å². The van der Waals surface area contributed by atoms with Crippen LogP contribution in [0.15, 0.2) is 24.3 Å². The van der Waals surface area contributed by atoms with Gasteiger partial charge >= 0.3 is 0 Å². The summed E-state index contributed by atoms with van der Waals surface area (Å²) in [6.07, 6.45) is 1.07. The molecule has 0 aliphatic rings. The molecule has 0 amide bonds. The van der Waals surface area contributed by atoms with Gasteiger partial charge in [0.15, 0.2) is 0 Å². The van der Waals surface area contributed by atoms with Crippen molar-refractivity contribution in [2.75, 3.05) is 13.1 Å². The minimum absolute atomic E-state index is 0.430. The molecular formula is C15H26N2. The van der Waals surface area contributed by atoms with E-state index in [0.29, 0.717) is 30.8 Å². The molecule has 2 nitrogen and oxygen atoms in total. The molecule has 17 heavy (non-hydrogen) atoms. The smallest absolute Gasteiger partial charge is 0.00341 e. The molecule has 1 atom stereocenters. The minimum Gasteiger partial charge on any atom is -0.330 e. The Morgan fingerprint density at radius 3 is 1.88 bits per heavy atom. The van der Waals surface area contributed by atoms with Crippen LogP contribution in [0.25, 0.3) is 0 Å². The highest BCUT2D eigenvalue weighted by molar-refractivity contribution is 5.25. The molecule has 0 aliphatic heterocycles. The zero-order chi connectivity index (χ0) is 12.8. The third-order valence-corrected chi connectivity index (χ3v) is 3.61. The van der Waals surface area contributed by atoms with E-state index in [1.165, 1.54) is 11.1 Å². The molecule has 0 heterocycles. The van der Waals surface area contributed by atoms with Crippen LogP contribution in [0.3, 0.4) is 0 Å².